The molecule has 1 N–H and O–H groups in total. The monoisotopic (exact) mass is 475 g/mol. The lowest BCUT2D eigenvalue weighted by molar-refractivity contribution is -0.154. The molecule has 7 nitrogen and oxygen atoms in total. The smallest absolute Gasteiger partial charge is 0.338 e. The highest BCUT2D eigenvalue weighted by atomic mass is 35.5. The first-order valence-corrected chi connectivity index (χ1v) is 11.5. The second-order valence-electron chi connectivity index (χ2n) is 7.86. The molecule has 0 saturated heterocycles. The number of carbonyl (C=O) groups excluding carboxylic acids is 2. The van der Waals surface area contributed by atoms with E-state index in [0.29, 0.717) is 34.9 Å². The number of aliphatic hydroxyl groups excluding tert-OH is 1. The average molecular weight is 476 g/mol. The van der Waals surface area contributed by atoms with E-state index in [1.807, 2.05) is 11.0 Å². The summed E-state index contributed by atoms with van der Waals surface area (Å²) in [5.74, 6) is -0.849. The summed E-state index contributed by atoms with van der Waals surface area (Å²) in [5.41, 5.74) is 1.10. The molecule has 3 rings (SSSR count). The molecule has 0 amide bonds. The molecular weight excluding hydrogens is 446 g/mol. The molecule has 2 aromatic rings. The molecule has 1 aliphatic rings. The Morgan fingerprint density at radius 1 is 1.12 bits per heavy atom. The summed E-state index contributed by atoms with van der Waals surface area (Å²) in [5, 5.41) is 11.6. The summed E-state index contributed by atoms with van der Waals surface area (Å²) in [6.07, 6.45) is 0.994. The Labute approximate surface area is 199 Å². The van der Waals surface area contributed by atoms with E-state index in [2.05, 4.69) is 0 Å². The third kappa shape index (κ3) is 6.18. The second kappa shape index (κ2) is 11.9. The number of aliphatic hydroxyl groups is 1. The average Bonchev–Trinajstić information content (AvgIpc) is 2.83. The van der Waals surface area contributed by atoms with Gasteiger partial charge in [0.25, 0.3) is 0 Å². The predicted octanol–water partition coefficient (Wildman–Crippen LogP) is 4.10. The Morgan fingerprint density at radius 3 is 2.58 bits per heavy atom. The van der Waals surface area contributed by atoms with E-state index in [4.69, 9.17) is 25.8 Å². The van der Waals surface area contributed by atoms with Crippen LogP contribution in [0, 0.1) is 5.92 Å². The van der Waals surface area contributed by atoms with Crippen molar-refractivity contribution in [2.75, 3.05) is 31.8 Å². The lowest BCUT2D eigenvalue weighted by Gasteiger charge is -2.42. The lowest BCUT2D eigenvalue weighted by Crippen LogP contribution is -2.52. The molecule has 0 radical (unpaired) electrons. The van der Waals surface area contributed by atoms with Gasteiger partial charge in [0.2, 0.25) is 0 Å². The van der Waals surface area contributed by atoms with Crippen LogP contribution in [0.15, 0.2) is 48.5 Å². The van der Waals surface area contributed by atoms with Gasteiger partial charge in [-0.15, -0.1) is 0 Å². The first kappa shape index (κ1) is 24.9. The number of hydrogen-bond acceptors (Lipinski definition) is 7. The molecule has 1 saturated carbocycles. The third-order valence-corrected chi connectivity index (χ3v) is 6.17. The standard InChI is InChI=1S/C25H30ClNO6/c1-3-32-25(30)19-10-7-11-21(23(19)28)27(22-16-18(31-2)12-13-20(22)26)14-15-33-24(29)17-8-5-4-6-9-17/h4-6,8-9,12-13,16,19,21,23,28H,3,7,10-11,14-15H2,1-2H3. The molecule has 0 spiro atoms. The van der Waals surface area contributed by atoms with Crippen LogP contribution in [-0.2, 0) is 14.3 Å². The number of nitrogens with zero attached hydrogens (tertiary/aromatic N) is 1. The van der Waals surface area contributed by atoms with E-state index >= 15 is 0 Å². The van der Waals surface area contributed by atoms with Crippen molar-refractivity contribution in [3.63, 3.8) is 0 Å². The van der Waals surface area contributed by atoms with E-state index in [9.17, 15) is 14.7 Å². The van der Waals surface area contributed by atoms with Crippen LogP contribution in [0.2, 0.25) is 5.02 Å². The van der Waals surface area contributed by atoms with Crippen molar-refractivity contribution >= 4 is 29.2 Å². The van der Waals surface area contributed by atoms with Crippen LogP contribution in [0.1, 0.15) is 36.5 Å². The molecule has 2 aromatic carbocycles. The summed E-state index contributed by atoms with van der Waals surface area (Å²) in [6.45, 7) is 2.36. The summed E-state index contributed by atoms with van der Waals surface area (Å²) in [6, 6.07) is 13.6. The molecule has 33 heavy (non-hydrogen) atoms. The Kier molecular flexibility index (Phi) is 8.97. The number of halogens is 1. The highest BCUT2D eigenvalue weighted by molar-refractivity contribution is 6.33. The van der Waals surface area contributed by atoms with Crippen molar-refractivity contribution in [2.45, 2.75) is 38.3 Å². The molecular formula is C25H30ClNO6. The zero-order valence-electron chi connectivity index (χ0n) is 18.9. The molecule has 3 atom stereocenters. The van der Waals surface area contributed by atoms with Crippen LogP contribution in [0.4, 0.5) is 5.69 Å². The van der Waals surface area contributed by atoms with Gasteiger partial charge in [-0.3, -0.25) is 4.79 Å². The van der Waals surface area contributed by atoms with E-state index in [1.165, 1.54) is 0 Å². The maximum atomic E-state index is 12.4. The fourth-order valence-electron chi connectivity index (χ4n) is 4.20. The molecule has 8 heteroatoms. The fraction of sp³-hybridized carbons (Fsp3) is 0.440. The largest absolute Gasteiger partial charge is 0.497 e. The SMILES string of the molecule is CCOC(=O)C1CCCC(N(CCOC(=O)c2ccccc2)c2cc(OC)ccc2Cl)C1O. The molecule has 1 fully saturated rings. The van der Waals surface area contributed by atoms with Gasteiger partial charge in [0, 0.05) is 6.07 Å². The third-order valence-electron chi connectivity index (χ3n) is 5.85. The van der Waals surface area contributed by atoms with Crippen LogP contribution in [0.3, 0.4) is 0 Å². The number of methoxy groups -OCH3 is 1. The van der Waals surface area contributed by atoms with Crippen LogP contribution in [0.25, 0.3) is 0 Å². The van der Waals surface area contributed by atoms with Gasteiger partial charge >= 0.3 is 11.9 Å². The second-order valence-corrected chi connectivity index (χ2v) is 8.27. The van der Waals surface area contributed by atoms with E-state index in [0.717, 1.165) is 6.42 Å². The summed E-state index contributed by atoms with van der Waals surface area (Å²) in [7, 11) is 1.56. The van der Waals surface area contributed by atoms with Gasteiger partial charge in [0.05, 0.1) is 54.6 Å². The van der Waals surface area contributed by atoms with Crippen LogP contribution in [-0.4, -0.2) is 56.1 Å². The maximum absolute atomic E-state index is 12.4. The van der Waals surface area contributed by atoms with E-state index < -0.39 is 30.0 Å². The normalized spacial score (nSPS) is 20.1. The Morgan fingerprint density at radius 2 is 1.88 bits per heavy atom. The van der Waals surface area contributed by atoms with Gasteiger partial charge in [0.1, 0.15) is 12.4 Å². The zero-order chi connectivity index (χ0) is 23.8. The number of rotatable bonds is 9. The predicted molar refractivity (Wildman–Crippen MR) is 126 cm³/mol. The van der Waals surface area contributed by atoms with Crippen LogP contribution >= 0.6 is 11.6 Å². The van der Waals surface area contributed by atoms with Crippen molar-refractivity contribution in [1.29, 1.82) is 0 Å². The summed E-state index contributed by atoms with van der Waals surface area (Å²) < 4.78 is 16.0. The first-order valence-electron chi connectivity index (χ1n) is 11.1. The van der Waals surface area contributed by atoms with Crippen molar-refractivity contribution < 1.29 is 28.9 Å². The van der Waals surface area contributed by atoms with Gasteiger partial charge in [-0.1, -0.05) is 36.2 Å². The number of hydrogen-bond donors (Lipinski definition) is 1. The van der Waals surface area contributed by atoms with Crippen LogP contribution in [0.5, 0.6) is 5.75 Å². The summed E-state index contributed by atoms with van der Waals surface area (Å²) >= 11 is 6.52. The maximum Gasteiger partial charge on any atom is 0.338 e. The fourth-order valence-corrected chi connectivity index (χ4v) is 4.43. The minimum atomic E-state index is -0.954. The molecule has 0 aliphatic heterocycles. The van der Waals surface area contributed by atoms with Gasteiger partial charge in [-0.2, -0.15) is 0 Å². The minimum Gasteiger partial charge on any atom is -0.497 e. The molecule has 0 aromatic heterocycles. The Balaban J connectivity index is 1.82. The Hall–Kier alpha value is -2.77. The number of ether oxygens (including phenoxy) is 3. The van der Waals surface area contributed by atoms with Gasteiger partial charge < -0.3 is 24.2 Å². The van der Waals surface area contributed by atoms with Gasteiger partial charge in [0.15, 0.2) is 0 Å². The minimum absolute atomic E-state index is 0.0779. The number of esters is 2. The Bertz CT molecular complexity index is 938. The van der Waals surface area contributed by atoms with E-state index in [-0.39, 0.29) is 19.8 Å². The zero-order valence-corrected chi connectivity index (χ0v) is 19.7. The topological polar surface area (TPSA) is 85.3 Å². The van der Waals surface area contributed by atoms with Crippen molar-refractivity contribution in [2.24, 2.45) is 5.92 Å². The van der Waals surface area contributed by atoms with Crippen molar-refractivity contribution in [3.05, 3.63) is 59.1 Å². The number of carbonyl (C=O) groups is 2. The molecule has 0 heterocycles. The van der Waals surface area contributed by atoms with Crippen molar-refractivity contribution in [3.8, 4) is 5.75 Å². The lowest BCUT2D eigenvalue weighted by atomic mass is 9.82. The van der Waals surface area contributed by atoms with Gasteiger partial charge in [-0.05, 0) is 44.0 Å². The van der Waals surface area contributed by atoms with Crippen LogP contribution < -0.4 is 9.64 Å². The van der Waals surface area contributed by atoms with Crippen molar-refractivity contribution in [1.82, 2.24) is 0 Å². The molecule has 1 aliphatic carbocycles. The highest BCUT2D eigenvalue weighted by Crippen LogP contribution is 2.36. The quantitative estimate of drug-likeness (QED) is 0.546. The van der Waals surface area contributed by atoms with Gasteiger partial charge in [-0.25, -0.2) is 4.79 Å². The molecule has 3 unspecified atom stereocenters. The van der Waals surface area contributed by atoms with E-state index in [1.54, 1.807) is 56.5 Å². The highest BCUT2D eigenvalue weighted by Gasteiger charge is 2.40. The number of anilines is 1. The molecule has 0 bridgehead atoms. The number of benzene rings is 2. The first-order chi connectivity index (χ1) is 16.0. The summed E-state index contributed by atoms with van der Waals surface area (Å²) in [4.78, 5) is 26.7. The molecule has 178 valence electrons.